The Morgan fingerprint density at radius 2 is 1.55 bits per heavy atom. The minimum Gasteiger partial charge on any atom is -0.394 e. The summed E-state index contributed by atoms with van der Waals surface area (Å²) in [5.74, 6) is -1.09. The van der Waals surface area contributed by atoms with Crippen LogP contribution in [0, 0.1) is 5.41 Å². The molecule has 4 N–H and O–H groups in total. The van der Waals surface area contributed by atoms with Crippen LogP contribution in [0.4, 0.5) is 0 Å². The van der Waals surface area contributed by atoms with E-state index in [0.29, 0.717) is 0 Å². The third-order valence-electron chi connectivity index (χ3n) is 5.66. The van der Waals surface area contributed by atoms with Crippen molar-refractivity contribution >= 4 is 11.8 Å². The largest absolute Gasteiger partial charge is 0.394 e. The summed E-state index contributed by atoms with van der Waals surface area (Å²) in [6, 6.07) is 12.4. The molecular weight excluding hydrogens is 420 g/mol. The van der Waals surface area contributed by atoms with Crippen molar-refractivity contribution in [3.8, 4) is 22.3 Å². The van der Waals surface area contributed by atoms with Gasteiger partial charge in [-0.05, 0) is 45.9 Å². The predicted octanol–water partition coefficient (Wildman–Crippen LogP) is 3.18. The molecule has 1 aromatic carbocycles. The molecule has 8 nitrogen and oxygen atoms in total. The maximum Gasteiger partial charge on any atom is 0.245 e. The van der Waals surface area contributed by atoms with Gasteiger partial charge in [0.2, 0.25) is 11.8 Å². The lowest BCUT2D eigenvalue weighted by Crippen LogP contribution is -2.49. The van der Waals surface area contributed by atoms with Crippen LogP contribution in [0.1, 0.15) is 33.2 Å². The summed E-state index contributed by atoms with van der Waals surface area (Å²) in [5, 5.41) is 21.5. The average Bonchev–Trinajstić information content (AvgIpc) is 3.30. The number of hydroxylamine groups is 1. The number of carbonyl (C=O) groups excluding carboxylic acids is 2. The Labute approximate surface area is 193 Å². The third-order valence-corrected chi connectivity index (χ3v) is 5.66. The minimum absolute atomic E-state index is 0.227. The monoisotopic (exact) mass is 450 g/mol. The molecule has 33 heavy (non-hydrogen) atoms. The number of rotatable bonds is 8. The van der Waals surface area contributed by atoms with Crippen molar-refractivity contribution < 1.29 is 19.9 Å². The van der Waals surface area contributed by atoms with Gasteiger partial charge < -0.3 is 15.0 Å². The van der Waals surface area contributed by atoms with E-state index in [9.17, 15) is 14.7 Å². The molecule has 2 aromatic heterocycles. The lowest BCUT2D eigenvalue weighted by atomic mass is 9.87. The van der Waals surface area contributed by atoms with Gasteiger partial charge in [-0.2, -0.15) is 0 Å². The maximum atomic E-state index is 13.0. The summed E-state index contributed by atoms with van der Waals surface area (Å²) in [6.07, 6.45) is 6.77. The molecular formula is C25H30N4O4. The van der Waals surface area contributed by atoms with Gasteiger partial charge in [-0.25, -0.2) is 5.48 Å². The maximum absolute atomic E-state index is 13.0. The SMILES string of the molecule is CC(C)(C)[C@@H](CO)NC(=O)[C@@H](CC(=O)NO)n1ccc(-c2ccc(-c3ccncc3)cc2)c1. The molecule has 0 aliphatic rings. The number of hydrogen-bond acceptors (Lipinski definition) is 5. The molecule has 8 heteroatoms. The van der Waals surface area contributed by atoms with E-state index < -0.39 is 23.9 Å². The molecule has 0 aliphatic heterocycles. The molecule has 0 fully saturated rings. The number of aromatic nitrogens is 2. The zero-order valence-electron chi connectivity index (χ0n) is 19.0. The lowest BCUT2D eigenvalue weighted by molar-refractivity contribution is -0.135. The van der Waals surface area contributed by atoms with Crippen LogP contribution < -0.4 is 10.8 Å². The second-order valence-electron chi connectivity index (χ2n) is 9.03. The van der Waals surface area contributed by atoms with Crippen LogP contribution in [-0.2, 0) is 9.59 Å². The van der Waals surface area contributed by atoms with E-state index in [1.165, 1.54) is 0 Å². The molecule has 0 radical (unpaired) electrons. The first-order chi connectivity index (χ1) is 15.7. The highest BCUT2D eigenvalue weighted by molar-refractivity contribution is 5.87. The fourth-order valence-corrected chi connectivity index (χ4v) is 3.54. The van der Waals surface area contributed by atoms with Crippen LogP contribution in [0.15, 0.2) is 67.3 Å². The van der Waals surface area contributed by atoms with Crippen LogP contribution >= 0.6 is 0 Å². The van der Waals surface area contributed by atoms with Gasteiger partial charge in [0, 0.05) is 24.8 Å². The molecule has 3 rings (SSSR count). The highest BCUT2D eigenvalue weighted by Gasteiger charge is 2.30. The number of nitrogens with one attached hydrogen (secondary N) is 2. The van der Waals surface area contributed by atoms with E-state index in [0.717, 1.165) is 22.3 Å². The first-order valence-electron chi connectivity index (χ1n) is 10.8. The molecule has 2 atom stereocenters. The Morgan fingerprint density at radius 1 is 0.970 bits per heavy atom. The minimum atomic E-state index is -0.890. The summed E-state index contributed by atoms with van der Waals surface area (Å²) < 4.78 is 1.65. The van der Waals surface area contributed by atoms with Crippen molar-refractivity contribution in [3.05, 3.63) is 67.3 Å². The van der Waals surface area contributed by atoms with Crippen LogP contribution in [0.3, 0.4) is 0 Å². The predicted molar refractivity (Wildman–Crippen MR) is 125 cm³/mol. The molecule has 174 valence electrons. The molecule has 0 bridgehead atoms. The quantitative estimate of drug-likeness (QED) is 0.311. The molecule has 3 aromatic rings. The van der Waals surface area contributed by atoms with E-state index in [-0.39, 0.29) is 18.4 Å². The van der Waals surface area contributed by atoms with Crippen molar-refractivity contribution in [3.63, 3.8) is 0 Å². The van der Waals surface area contributed by atoms with E-state index in [2.05, 4.69) is 10.3 Å². The van der Waals surface area contributed by atoms with Crippen molar-refractivity contribution in [2.75, 3.05) is 6.61 Å². The molecule has 0 spiro atoms. The number of aliphatic hydroxyl groups excluding tert-OH is 1. The van der Waals surface area contributed by atoms with Gasteiger partial charge in [0.25, 0.3) is 0 Å². The summed E-state index contributed by atoms with van der Waals surface area (Å²) in [6.45, 7) is 5.50. The molecule has 0 saturated heterocycles. The Kier molecular flexibility index (Phi) is 7.63. The van der Waals surface area contributed by atoms with Gasteiger partial charge in [-0.1, -0.05) is 45.0 Å². The van der Waals surface area contributed by atoms with Crippen LogP contribution in [0.5, 0.6) is 0 Å². The number of amides is 2. The zero-order chi connectivity index (χ0) is 24.0. The van der Waals surface area contributed by atoms with Gasteiger partial charge in [-0.3, -0.25) is 19.8 Å². The molecule has 0 unspecified atom stereocenters. The van der Waals surface area contributed by atoms with Gasteiger partial charge >= 0.3 is 0 Å². The Balaban J connectivity index is 1.84. The Morgan fingerprint density at radius 3 is 2.09 bits per heavy atom. The zero-order valence-corrected chi connectivity index (χ0v) is 19.0. The van der Waals surface area contributed by atoms with Crippen LogP contribution in [0.2, 0.25) is 0 Å². The number of aliphatic hydroxyl groups is 1. The number of hydrogen-bond donors (Lipinski definition) is 4. The first-order valence-corrected chi connectivity index (χ1v) is 10.8. The third kappa shape index (κ3) is 6.06. The highest BCUT2D eigenvalue weighted by atomic mass is 16.5. The van der Waals surface area contributed by atoms with E-state index in [1.807, 2.05) is 63.2 Å². The smallest absolute Gasteiger partial charge is 0.245 e. The second kappa shape index (κ2) is 10.4. The lowest BCUT2D eigenvalue weighted by Gasteiger charge is -2.31. The van der Waals surface area contributed by atoms with Crippen molar-refractivity contribution in [1.82, 2.24) is 20.3 Å². The summed E-state index contributed by atoms with van der Waals surface area (Å²) in [5.41, 5.74) is 5.20. The first kappa shape index (κ1) is 24.2. The summed E-state index contributed by atoms with van der Waals surface area (Å²) in [4.78, 5) is 29.0. The van der Waals surface area contributed by atoms with Crippen LogP contribution in [0.25, 0.3) is 22.3 Å². The standard InChI is InChI=1S/C25H30N4O4/c1-25(2,3)22(16-30)27-24(32)21(14-23(31)28-33)29-13-10-20(15-29)18-6-4-17(5-7-18)19-8-11-26-12-9-19/h4-13,15,21-22,30,33H,14,16H2,1-3H3,(H,27,32)(H,28,31)/t21-,22-/m1/s1. The molecule has 2 amide bonds. The fourth-order valence-electron chi connectivity index (χ4n) is 3.54. The van der Waals surface area contributed by atoms with E-state index in [1.54, 1.807) is 34.8 Å². The highest BCUT2D eigenvalue weighted by Crippen LogP contribution is 2.27. The van der Waals surface area contributed by atoms with Crippen molar-refractivity contribution in [1.29, 1.82) is 0 Å². The molecule has 0 aliphatic carbocycles. The average molecular weight is 451 g/mol. The normalized spacial score (nSPS) is 13.2. The Hall–Kier alpha value is -3.49. The number of pyridine rings is 1. The van der Waals surface area contributed by atoms with Gasteiger partial charge in [0.1, 0.15) is 6.04 Å². The molecule has 2 heterocycles. The number of nitrogens with zero attached hydrogens (tertiary/aromatic N) is 2. The second-order valence-corrected chi connectivity index (χ2v) is 9.03. The topological polar surface area (TPSA) is 116 Å². The van der Waals surface area contributed by atoms with Crippen LogP contribution in [-0.4, -0.2) is 44.3 Å². The van der Waals surface area contributed by atoms with Crippen molar-refractivity contribution in [2.24, 2.45) is 5.41 Å². The van der Waals surface area contributed by atoms with E-state index in [4.69, 9.17) is 5.21 Å². The van der Waals surface area contributed by atoms with E-state index >= 15 is 0 Å². The summed E-state index contributed by atoms with van der Waals surface area (Å²) in [7, 11) is 0. The fraction of sp³-hybridized carbons (Fsp3) is 0.320. The van der Waals surface area contributed by atoms with Gasteiger partial charge in [0.15, 0.2) is 0 Å². The van der Waals surface area contributed by atoms with Gasteiger partial charge in [-0.15, -0.1) is 0 Å². The molecule has 0 saturated carbocycles. The van der Waals surface area contributed by atoms with Crippen molar-refractivity contribution in [2.45, 2.75) is 39.3 Å². The summed E-state index contributed by atoms with van der Waals surface area (Å²) >= 11 is 0. The number of carbonyl (C=O) groups is 2. The van der Waals surface area contributed by atoms with Gasteiger partial charge in [0.05, 0.1) is 19.1 Å². The Bertz CT molecular complexity index is 1070. The number of benzene rings is 1.